The Morgan fingerprint density at radius 2 is 2.13 bits per heavy atom. The molecule has 4 rings (SSSR count). The smallest absolute Gasteiger partial charge is 0.232 e. The van der Waals surface area contributed by atoms with Crippen LogP contribution in [0.15, 0.2) is 18.3 Å². The van der Waals surface area contributed by atoms with Crippen molar-refractivity contribution in [3.63, 3.8) is 0 Å². The zero-order valence-corrected chi connectivity index (χ0v) is 13.7. The van der Waals surface area contributed by atoms with Crippen LogP contribution in [-0.4, -0.2) is 37.1 Å². The summed E-state index contributed by atoms with van der Waals surface area (Å²) >= 11 is 0. The van der Waals surface area contributed by atoms with E-state index in [1.807, 2.05) is 18.3 Å². The van der Waals surface area contributed by atoms with Gasteiger partial charge in [-0.15, -0.1) is 0 Å². The summed E-state index contributed by atoms with van der Waals surface area (Å²) in [6, 6.07) is 4.03. The second-order valence-electron chi connectivity index (χ2n) is 7.28. The lowest BCUT2D eigenvalue weighted by Crippen LogP contribution is -2.44. The lowest BCUT2D eigenvalue weighted by atomic mass is 9.67. The summed E-state index contributed by atoms with van der Waals surface area (Å²) in [7, 11) is 0. The summed E-state index contributed by atoms with van der Waals surface area (Å²) in [5.41, 5.74) is 0.620. The van der Waals surface area contributed by atoms with Crippen LogP contribution in [0.1, 0.15) is 38.5 Å². The van der Waals surface area contributed by atoms with Gasteiger partial charge in [-0.1, -0.05) is 12.8 Å². The summed E-state index contributed by atoms with van der Waals surface area (Å²) in [6.07, 6.45) is 8.91. The van der Waals surface area contributed by atoms with Crippen LogP contribution in [-0.2, 0) is 4.79 Å². The van der Waals surface area contributed by atoms with Crippen LogP contribution in [0.4, 0.5) is 11.5 Å². The third-order valence-electron chi connectivity index (χ3n) is 5.93. The maximum Gasteiger partial charge on any atom is 0.232 e. The largest absolute Gasteiger partial charge is 0.357 e. The van der Waals surface area contributed by atoms with Crippen LogP contribution in [0.25, 0.3) is 0 Å². The molecule has 0 unspecified atom stereocenters. The minimum atomic E-state index is -0.203. The van der Waals surface area contributed by atoms with Gasteiger partial charge in [0.2, 0.25) is 5.91 Å². The number of pyridine rings is 1. The zero-order valence-electron chi connectivity index (χ0n) is 13.7. The van der Waals surface area contributed by atoms with Crippen molar-refractivity contribution in [2.75, 3.05) is 36.4 Å². The number of hydrogen-bond acceptors (Lipinski definition) is 4. The Kier molecular flexibility index (Phi) is 3.97. The van der Waals surface area contributed by atoms with E-state index in [9.17, 15) is 4.79 Å². The van der Waals surface area contributed by atoms with Gasteiger partial charge in [0.15, 0.2) is 0 Å². The first-order valence-electron chi connectivity index (χ1n) is 9.01. The quantitative estimate of drug-likeness (QED) is 0.899. The molecule has 124 valence electrons. The van der Waals surface area contributed by atoms with Gasteiger partial charge < -0.3 is 15.5 Å². The van der Waals surface area contributed by atoms with Crippen LogP contribution >= 0.6 is 0 Å². The van der Waals surface area contributed by atoms with Gasteiger partial charge in [0.05, 0.1) is 17.3 Å². The maximum atomic E-state index is 12.9. The topological polar surface area (TPSA) is 57.3 Å². The van der Waals surface area contributed by atoms with Gasteiger partial charge in [0.25, 0.3) is 0 Å². The Morgan fingerprint density at radius 1 is 1.26 bits per heavy atom. The average molecular weight is 314 g/mol. The highest BCUT2D eigenvalue weighted by atomic mass is 16.2. The van der Waals surface area contributed by atoms with Crippen molar-refractivity contribution in [1.29, 1.82) is 0 Å². The van der Waals surface area contributed by atoms with Crippen LogP contribution in [0, 0.1) is 11.3 Å². The average Bonchev–Trinajstić information content (AvgIpc) is 3.25. The minimum Gasteiger partial charge on any atom is -0.357 e. The van der Waals surface area contributed by atoms with Gasteiger partial charge >= 0.3 is 0 Å². The molecule has 1 saturated carbocycles. The molecule has 1 aliphatic carbocycles. The van der Waals surface area contributed by atoms with Crippen molar-refractivity contribution in [2.45, 2.75) is 38.5 Å². The number of aromatic nitrogens is 1. The molecule has 2 saturated heterocycles. The van der Waals surface area contributed by atoms with Gasteiger partial charge in [-0.25, -0.2) is 4.98 Å². The number of nitrogens with one attached hydrogen (secondary N) is 2. The summed E-state index contributed by atoms with van der Waals surface area (Å²) in [5, 5.41) is 6.57. The monoisotopic (exact) mass is 314 g/mol. The van der Waals surface area contributed by atoms with Crippen molar-refractivity contribution >= 4 is 17.4 Å². The minimum absolute atomic E-state index is 0.183. The Hall–Kier alpha value is -1.62. The molecule has 1 amide bonds. The number of rotatable bonds is 3. The number of amides is 1. The highest BCUT2D eigenvalue weighted by molar-refractivity contribution is 5.96. The standard InChI is InChI=1S/C18H26N4O/c23-17(18-8-2-1-5-14(18)11-19-13-18)21-15-6-7-16(20-12-15)22-9-3-4-10-22/h6-7,12,14,19H,1-5,8-11,13H2,(H,21,23)/t14-,18+/m0/s1. The van der Waals surface area contributed by atoms with E-state index in [4.69, 9.17) is 0 Å². The van der Waals surface area contributed by atoms with Gasteiger partial charge in [-0.2, -0.15) is 0 Å². The van der Waals surface area contributed by atoms with Gasteiger partial charge in [-0.3, -0.25) is 4.79 Å². The molecule has 5 nitrogen and oxygen atoms in total. The van der Waals surface area contributed by atoms with Gasteiger partial charge in [0, 0.05) is 19.6 Å². The number of anilines is 2. The Bertz CT molecular complexity index is 567. The molecule has 0 bridgehead atoms. The molecule has 0 radical (unpaired) electrons. The highest BCUT2D eigenvalue weighted by Gasteiger charge is 2.49. The molecule has 0 aromatic carbocycles. The lowest BCUT2D eigenvalue weighted by molar-refractivity contribution is -0.128. The van der Waals surface area contributed by atoms with Crippen LogP contribution in [0.5, 0.6) is 0 Å². The van der Waals surface area contributed by atoms with Crippen LogP contribution in [0.2, 0.25) is 0 Å². The Balaban J connectivity index is 1.45. The van der Waals surface area contributed by atoms with Crippen molar-refractivity contribution in [1.82, 2.24) is 10.3 Å². The van der Waals surface area contributed by atoms with Crippen LogP contribution in [0.3, 0.4) is 0 Å². The third-order valence-corrected chi connectivity index (χ3v) is 5.93. The highest BCUT2D eigenvalue weighted by Crippen LogP contribution is 2.44. The fourth-order valence-electron chi connectivity index (χ4n) is 4.54. The van der Waals surface area contributed by atoms with E-state index >= 15 is 0 Å². The molecule has 1 aromatic rings. The Morgan fingerprint density at radius 3 is 2.91 bits per heavy atom. The second kappa shape index (κ2) is 6.11. The van der Waals surface area contributed by atoms with Gasteiger partial charge in [-0.05, 0) is 50.3 Å². The fourth-order valence-corrected chi connectivity index (χ4v) is 4.54. The van der Waals surface area contributed by atoms with Crippen molar-refractivity contribution < 1.29 is 4.79 Å². The zero-order chi connectivity index (χ0) is 15.7. The maximum absolute atomic E-state index is 12.9. The normalized spacial score (nSPS) is 30.3. The molecule has 3 fully saturated rings. The Labute approximate surface area is 137 Å². The summed E-state index contributed by atoms with van der Waals surface area (Å²) in [4.78, 5) is 19.8. The van der Waals surface area contributed by atoms with E-state index in [2.05, 4.69) is 20.5 Å². The molecule has 3 aliphatic rings. The first kappa shape index (κ1) is 14.9. The molecule has 0 spiro atoms. The molecule has 2 N–H and O–H groups in total. The van der Waals surface area contributed by atoms with E-state index in [1.54, 1.807) is 0 Å². The lowest BCUT2D eigenvalue weighted by Gasteiger charge is -2.37. The predicted molar refractivity (Wildman–Crippen MR) is 91.6 cm³/mol. The van der Waals surface area contributed by atoms with E-state index in [0.29, 0.717) is 5.92 Å². The number of fused-ring (bicyclic) bond motifs is 1. The summed E-state index contributed by atoms with van der Waals surface area (Å²) < 4.78 is 0. The third kappa shape index (κ3) is 2.71. The van der Waals surface area contributed by atoms with E-state index < -0.39 is 0 Å². The van der Waals surface area contributed by atoms with Crippen molar-refractivity contribution in [3.8, 4) is 0 Å². The molecule has 2 aliphatic heterocycles. The molecule has 1 aromatic heterocycles. The van der Waals surface area contributed by atoms with E-state index in [-0.39, 0.29) is 11.3 Å². The molecule has 2 atom stereocenters. The van der Waals surface area contributed by atoms with Crippen molar-refractivity contribution in [2.24, 2.45) is 11.3 Å². The van der Waals surface area contributed by atoms with Crippen LogP contribution < -0.4 is 15.5 Å². The van der Waals surface area contributed by atoms with Crippen molar-refractivity contribution in [3.05, 3.63) is 18.3 Å². The number of hydrogen-bond donors (Lipinski definition) is 2. The molecular formula is C18H26N4O. The first-order chi connectivity index (χ1) is 11.3. The second-order valence-corrected chi connectivity index (χ2v) is 7.28. The summed E-state index contributed by atoms with van der Waals surface area (Å²) in [6.45, 7) is 3.99. The SMILES string of the molecule is O=C(Nc1ccc(N2CCCC2)nc1)[C@@]12CCCC[C@H]1CNC2. The number of nitrogens with zero attached hydrogens (tertiary/aromatic N) is 2. The van der Waals surface area contributed by atoms with Gasteiger partial charge in [0.1, 0.15) is 5.82 Å². The molecule has 5 heteroatoms. The first-order valence-corrected chi connectivity index (χ1v) is 9.01. The molecular weight excluding hydrogens is 288 g/mol. The van der Waals surface area contributed by atoms with E-state index in [1.165, 1.54) is 25.7 Å². The predicted octanol–water partition coefficient (Wildman–Crippen LogP) is 2.40. The number of carbonyl (C=O) groups excluding carboxylic acids is 1. The number of carbonyl (C=O) groups is 1. The summed E-state index contributed by atoms with van der Waals surface area (Å²) in [5.74, 6) is 1.70. The molecule has 23 heavy (non-hydrogen) atoms. The molecule has 3 heterocycles. The fraction of sp³-hybridized carbons (Fsp3) is 0.667. The van der Waals surface area contributed by atoms with E-state index in [0.717, 1.165) is 50.5 Å².